The van der Waals surface area contributed by atoms with Gasteiger partial charge in [-0.05, 0) is 24.6 Å². The third-order valence-electron chi connectivity index (χ3n) is 2.62. The first kappa shape index (κ1) is 12.8. The molecule has 0 saturated carbocycles. The van der Waals surface area contributed by atoms with Crippen LogP contribution in [0, 0.1) is 6.92 Å². The van der Waals surface area contributed by atoms with Crippen LogP contribution in [0.4, 0.5) is 0 Å². The van der Waals surface area contributed by atoms with Crippen molar-refractivity contribution in [1.82, 2.24) is 4.98 Å². The van der Waals surface area contributed by atoms with E-state index >= 15 is 0 Å². The number of aromatic hydroxyl groups is 1. The van der Waals surface area contributed by atoms with Crippen LogP contribution in [0.5, 0.6) is 5.75 Å². The minimum absolute atomic E-state index is 0.238. The fourth-order valence-corrected chi connectivity index (χ4v) is 1.73. The van der Waals surface area contributed by atoms with Gasteiger partial charge in [0.1, 0.15) is 11.3 Å². The van der Waals surface area contributed by atoms with Crippen molar-refractivity contribution in [2.45, 2.75) is 6.92 Å². The summed E-state index contributed by atoms with van der Waals surface area (Å²) < 4.78 is 0. The third-order valence-corrected chi connectivity index (χ3v) is 2.62. The lowest BCUT2D eigenvalue weighted by molar-refractivity contribution is 0.104. The van der Waals surface area contributed by atoms with Crippen LogP contribution in [-0.2, 0) is 0 Å². The number of H-pyrrole nitrogens is 1. The molecule has 0 unspecified atom stereocenters. The third kappa shape index (κ3) is 2.98. The smallest absolute Gasteiger partial charge is 0.263 e. The van der Waals surface area contributed by atoms with Gasteiger partial charge >= 0.3 is 0 Å². The van der Waals surface area contributed by atoms with Gasteiger partial charge in [0, 0.05) is 5.69 Å². The second-order valence-corrected chi connectivity index (χ2v) is 4.15. The van der Waals surface area contributed by atoms with Crippen LogP contribution < -0.4 is 5.56 Å². The lowest BCUT2D eigenvalue weighted by Crippen LogP contribution is -2.17. The van der Waals surface area contributed by atoms with Gasteiger partial charge in [0.05, 0.1) is 0 Å². The Morgan fingerprint density at radius 3 is 2.58 bits per heavy atom. The van der Waals surface area contributed by atoms with Crippen molar-refractivity contribution in [3.05, 3.63) is 69.6 Å². The summed E-state index contributed by atoms with van der Waals surface area (Å²) in [7, 11) is 0. The molecule has 1 heterocycles. The fourth-order valence-electron chi connectivity index (χ4n) is 1.73. The molecule has 0 fully saturated rings. The van der Waals surface area contributed by atoms with E-state index in [9.17, 15) is 14.7 Å². The minimum Gasteiger partial charge on any atom is -0.507 e. The number of aryl methyl sites for hydroxylation is 1. The minimum atomic E-state index is -0.583. The average molecular weight is 255 g/mol. The van der Waals surface area contributed by atoms with Crippen molar-refractivity contribution in [3.8, 4) is 5.75 Å². The summed E-state index contributed by atoms with van der Waals surface area (Å²) in [5.74, 6) is -0.827. The number of rotatable bonds is 3. The molecule has 0 bridgehead atoms. The number of carbonyl (C=O) groups is 1. The van der Waals surface area contributed by atoms with Gasteiger partial charge in [0.25, 0.3) is 5.56 Å². The van der Waals surface area contributed by atoms with E-state index in [0.717, 1.165) is 5.56 Å². The Labute approximate surface area is 110 Å². The summed E-state index contributed by atoms with van der Waals surface area (Å²) in [6.07, 6.45) is 2.87. The SMILES string of the molecule is Cc1cc(O)c(C(=O)/C=C\c2ccccc2)c(=O)[nH]1. The number of nitrogens with one attached hydrogen (secondary N) is 1. The summed E-state index contributed by atoms with van der Waals surface area (Å²) in [4.78, 5) is 26.0. The van der Waals surface area contributed by atoms with Gasteiger partial charge in [-0.1, -0.05) is 36.4 Å². The first-order valence-electron chi connectivity index (χ1n) is 5.78. The molecule has 0 radical (unpaired) electrons. The van der Waals surface area contributed by atoms with Crippen molar-refractivity contribution in [1.29, 1.82) is 0 Å². The molecular formula is C15H13NO3. The molecule has 1 aromatic heterocycles. The highest BCUT2D eigenvalue weighted by atomic mass is 16.3. The monoisotopic (exact) mass is 255 g/mol. The Morgan fingerprint density at radius 1 is 1.26 bits per heavy atom. The number of carbonyl (C=O) groups excluding carboxylic acids is 1. The number of benzene rings is 1. The summed E-state index contributed by atoms with van der Waals surface area (Å²) in [5.41, 5.74) is 0.531. The zero-order valence-corrected chi connectivity index (χ0v) is 10.4. The number of pyridine rings is 1. The molecule has 0 saturated heterocycles. The molecule has 19 heavy (non-hydrogen) atoms. The molecule has 96 valence electrons. The maximum Gasteiger partial charge on any atom is 0.263 e. The standard InChI is InChI=1S/C15H13NO3/c1-10-9-13(18)14(15(19)16-10)12(17)8-7-11-5-3-2-4-6-11/h2-9H,1H3,(H2,16,18,19)/b8-7-. The average Bonchev–Trinajstić information content (AvgIpc) is 2.36. The quantitative estimate of drug-likeness (QED) is 0.653. The molecule has 0 aliphatic rings. The highest BCUT2D eigenvalue weighted by Gasteiger charge is 2.13. The Balaban J connectivity index is 2.31. The number of hydrogen-bond donors (Lipinski definition) is 2. The zero-order chi connectivity index (χ0) is 13.8. The van der Waals surface area contributed by atoms with E-state index in [2.05, 4.69) is 4.98 Å². The summed E-state index contributed by atoms with van der Waals surface area (Å²) in [5, 5.41) is 9.67. The zero-order valence-electron chi connectivity index (χ0n) is 10.4. The van der Waals surface area contributed by atoms with Crippen molar-refractivity contribution in [3.63, 3.8) is 0 Å². The topological polar surface area (TPSA) is 70.2 Å². The van der Waals surface area contributed by atoms with Crippen molar-refractivity contribution in [2.24, 2.45) is 0 Å². The highest BCUT2D eigenvalue weighted by molar-refractivity contribution is 6.08. The Hall–Kier alpha value is -2.62. The molecule has 4 nitrogen and oxygen atoms in total. The summed E-state index contributed by atoms with van der Waals surface area (Å²) >= 11 is 0. The van der Waals surface area contributed by atoms with Gasteiger partial charge in [-0.15, -0.1) is 0 Å². The molecule has 0 aliphatic heterocycles. The lowest BCUT2D eigenvalue weighted by atomic mass is 10.1. The van der Waals surface area contributed by atoms with Gasteiger partial charge in [0.2, 0.25) is 0 Å². The molecule has 0 amide bonds. The predicted octanol–water partition coefficient (Wildman–Crippen LogP) is 2.29. The van der Waals surface area contributed by atoms with Crippen LogP contribution in [0.15, 0.2) is 47.3 Å². The molecule has 1 aromatic carbocycles. The lowest BCUT2D eigenvalue weighted by Gasteiger charge is -2.01. The van der Waals surface area contributed by atoms with Gasteiger partial charge < -0.3 is 10.1 Å². The van der Waals surface area contributed by atoms with Crippen LogP contribution in [0.1, 0.15) is 21.6 Å². The van der Waals surface area contributed by atoms with E-state index in [1.54, 1.807) is 13.0 Å². The molecule has 0 aliphatic carbocycles. The van der Waals surface area contributed by atoms with E-state index in [0.29, 0.717) is 5.69 Å². The molecule has 2 aromatic rings. The Kier molecular flexibility index (Phi) is 3.61. The van der Waals surface area contributed by atoms with E-state index < -0.39 is 11.3 Å². The predicted molar refractivity (Wildman–Crippen MR) is 73.3 cm³/mol. The molecule has 2 rings (SSSR count). The number of aromatic nitrogens is 1. The van der Waals surface area contributed by atoms with E-state index in [1.807, 2.05) is 30.3 Å². The Morgan fingerprint density at radius 2 is 1.95 bits per heavy atom. The van der Waals surface area contributed by atoms with E-state index in [1.165, 1.54) is 12.1 Å². The normalized spacial score (nSPS) is 10.8. The first-order valence-corrected chi connectivity index (χ1v) is 5.78. The van der Waals surface area contributed by atoms with Crippen LogP contribution >= 0.6 is 0 Å². The molecule has 2 N–H and O–H groups in total. The summed E-state index contributed by atoms with van der Waals surface area (Å²) in [6.45, 7) is 1.63. The van der Waals surface area contributed by atoms with Crippen molar-refractivity contribution < 1.29 is 9.90 Å². The van der Waals surface area contributed by atoms with Crippen LogP contribution in [0.2, 0.25) is 0 Å². The van der Waals surface area contributed by atoms with Gasteiger partial charge in [-0.25, -0.2) is 0 Å². The van der Waals surface area contributed by atoms with E-state index in [4.69, 9.17) is 0 Å². The largest absolute Gasteiger partial charge is 0.507 e. The molecule has 0 atom stereocenters. The number of hydrogen-bond acceptors (Lipinski definition) is 3. The summed E-state index contributed by atoms with van der Waals surface area (Å²) in [6, 6.07) is 10.6. The van der Waals surface area contributed by atoms with Crippen LogP contribution in [0.3, 0.4) is 0 Å². The number of allylic oxidation sites excluding steroid dienone is 1. The number of ketones is 1. The fraction of sp³-hybridized carbons (Fsp3) is 0.0667. The van der Waals surface area contributed by atoms with E-state index in [-0.39, 0.29) is 11.3 Å². The van der Waals surface area contributed by atoms with Crippen molar-refractivity contribution in [2.75, 3.05) is 0 Å². The van der Waals surface area contributed by atoms with Gasteiger partial charge in [-0.3, -0.25) is 9.59 Å². The second-order valence-electron chi connectivity index (χ2n) is 4.15. The van der Waals surface area contributed by atoms with Crippen LogP contribution in [-0.4, -0.2) is 15.9 Å². The van der Waals surface area contributed by atoms with Crippen molar-refractivity contribution >= 4 is 11.9 Å². The maximum absolute atomic E-state index is 11.9. The number of aromatic amines is 1. The first-order chi connectivity index (χ1) is 9.08. The van der Waals surface area contributed by atoms with Gasteiger partial charge in [0.15, 0.2) is 5.78 Å². The maximum atomic E-state index is 11.9. The highest BCUT2D eigenvalue weighted by Crippen LogP contribution is 2.14. The molecular weight excluding hydrogens is 242 g/mol. The molecule has 4 heteroatoms. The Bertz CT molecular complexity index is 684. The van der Waals surface area contributed by atoms with Gasteiger partial charge in [-0.2, -0.15) is 0 Å². The molecule has 0 spiro atoms. The second kappa shape index (κ2) is 5.35. The van der Waals surface area contributed by atoms with Crippen LogP contribution in [0.25, 0.3) is 6.08 Å².